The maximum atomic E-state index is 12.9. The summed E-state index contributed by atoms with van der Waals surface area (Å²) >= 11 is 11.4. The van der Waals surface area contributed by atoms with Crippen LogP contribution >= 0.6 is 23.2 Å². The average Bonchev–Trinajstić information content (AvgIpc) is 2.71. The van der Waals surface area contributed by atoms with E-state index in [0.717, 1.165) is 0 Å². The first-order valence-corrected chi connectivity index (χ1v) is 5.32. The Hall–Kier alpha value is -1.13. The molecule has 6 heteroatoms. The van der Waals surface area contributed by atoms with Gasteiger partial charge in [0.15, 0.2) is 0 Å². The fourth-order valence-electron chi connectivity index (χ4n) is 1.15. The highest BCUT2D eigenvalue weighted by Gasteiger charge is 2.13. The third-order valence-corrected chi connectivity index (χ3v) is 2.44. The zero-order valence-electron chi connectivity index (χ0n) is 8.25. The van der Waals surface area contributed by atoms with Crippen molar-refractivity contribution in [1.29, 1.82) is 0 Å². The van der Waals surface area contributed by atoms with Crippen molar-refractivity contribution < 1.29 is 8.91 Å². The summed E-state index contributed by atoms with van der Waals surface area (Å²) in [4.78, 5) is 4.06. The molecular weight excluding hydrogens is 254 g/mol. The molecule has 3 nitrogen and oxygen atoms in total. The average molecular weight is 261 g/mol. The monoisotopic (exact) mass is 260 g/mol. The van der Waals surface area contributed by atoms with Gasteiger partial charge in [-0.25, -0.2) is 4.39 Å². The fraction of sp³-hybridized carbons (Fsp3) is 0.200. The van der Waals surface area contributed by atoms with E-state index in [1.54, 1.807) is 6.92 Å². The van der Waals surface area contributed by atoms with Gasteiger partial charge >= 0.3 is 0 Å². The molecule has 0 saturated carbocycles. The highest BCUT2D eigenvalue weighted by Crippen LogP contribution is 2.25. The van der Waals surface area contributed by atoms with E-state index in [-0.39, 0.29) is 10.4 Å². The maximum absolute atomic E-state index is 12.9. The molecule has 0 aliphatic heterocycles. The number of hydrogen-bond acceptors (Lipinski definition) is 3. The lowest BCUT2D eigenvalue weighted by Gasteiger charge is -1.96. The molecule has 0 bridgehead atoms. The van der Waals surface area contributed by atoms with E-state index in [1.807, 2.05) is 0 Å². The molecule has 1 aromatic carbocycles. The van der Waals surface area contributed by atoms with Crippen molar-refractivity contribution in [3.05, 3.63) is 34.9 Å². The van der Waals surface area contributed by atoms with Crippen LogP contribution in [0, 0.1) is 5.82 Å². The predicted octanol–water partition coefficient (Wildman–Crippen LogP) is 3.83. The van der Waals surface area contributed by atoms with Gasteiger partial charge in [-0.05, 0) is 25.1 Å². The van der Waals surface area contributed by atoms with Gasteiger partial charge in [-0.3, -0.25) is 0 Å². The number of alkyl halides is 1. The highest BCUT2D eigenvalue weighted by molar-refractivity contribution is 6.31. The molecule has 0 amide bonds. The minimum absolute atomic E-state index is 0.0165. The second kappa shape index (κ2) is 4.39. The Balaban J connectivity index is 2.39. The molecule has 1 aromatic heterocycles. The Kier molecular flexibility index (Phi) is 3.12. The maximum Gasteiger partial charge on any atom is 0.244 e. The summed E-state index contributed by atoms with van der Waals surface area (Å²) in [5, 5.41) is 3.38. The van der Waals surface area contributed by atoms with Gasteiger partial charge in [0.1, 0.15) is 11.2 Å². The first kappa shape index (κ1) is 11.4. The molecule has 0 fully saturated rings. The van der Waals surface area contributed by atoms with Crippen LogP contribution in [0.2, 0.25) is 5.02 Å². The van der Waals surface area contributed by atoms with Crippen LogP contribution < -0.4 is 0 Å². The predicted molar refractivity (Wildman–Crippen MR) is 59.0 cm³/mol. The third-order valence-electron chi connectivity index (χ3n) is 1.96. The zero-order valence-corrected chi connectivity index (χ0v) is 9.76. The number of halogens is 3. The molecule has 2 rings (SSSR count). The van der Waals surface area contributed by atoms with Gasteiger partial charge in [0.05, 0.1) is 5.02 Å². The van der Waals surface area contributed by atoms with E-state index in [2.05, 4.69) is 10.1 Å². The Morgan fingerprint density at radius 1 is 1.44 bits per heavy atom. The van der Waals surface area contributed by atoms with Crippen LogP contribution in [0.1, 0.15) is 18.2 Å². The van der Waals surface area contributed by atoms with Crippen molar-refractivity contribution in [3.63, 3.8) is 0 Å². The topological polar surface area (TPSA) is 38.9 Å². The van der Waals surface area contributed by atoms with Crippen LogP contribution in [-0.2, 0) is 0 Å². The molecule has 0 aliphatic rings. The summed E-state index contributed by atoms with van der Waals surface area (Å²) in [5.74, 6) is 0.168. The van der Waals surface area contributed by atoms with E-state index in [1.165, 1.54) is 18.2 Å². The normalized spacial score (nSPS) is 12.8. The van der Waals surface area contributed by atoms with Crippen LogP contribution in [0.5, 0.6) is 0 Å². The number of aromatic nitrogens is 2. The highest BCUT2D eigenvalue weighted by atomic mass is 35.5. The molecule has 2 aromatic rings. The van der Waals surface area contributed by atoms with Crippen LogP contribution in [-0.4, -0.2) is 10.1 Å². The van der Waals surface area contributed by atoms with Crippen molar-refractivity contribution in [2.75, 3.05) is 0 Å². The van der Waals surface area contributed by atoms with E-state index < -0.39 is 5.82 Å². The second-order valence-corrected chi connectivity index (χ2v) is 4.26. The minimum Gasteiger partial charge on any atom is -0.337 e. The fourth-order valence-corrected chi connectivity index (χ4v) is 1.42. The molecular formula is C10H7Cl2FN2O. The van der Waals surface area contributed by atoms with Crippen LogP contribution in [0.3, 0.4) is 0 Å². The first-order chi connectivity index (χ1) is 7.58. The Labute approximate surface area is 101 Å². The van der Waals surface area contributed by atoms with Gasteiger partial charge in [-0.2, -0.15) is 4.98 Å². The van der Waals surface area contributed by atoms with Gasteiger partial charge in [0.2, 0.25) is 11.7 Å². The number of benzene rings is 1. The molecule has 84 valence electrons. The standard InChI is InChI=1S/C10H7Cl2FN2O/c1-5(11)10-14-9(15-16-10)6-2-3-8(13)7(12)4-6/h2-5H,1H3. The number of hydrogen-bond donors (Lipinski definition) is 0. The van der Waals surface area contributed by atoms with Gasteiger partial charge < -0.3 is 4.52 Å². The van der Waals surface area contributed by atoms with Crippen molar-refractivity contribution in [3.8, 4) is 11.4 Å². The van der Waals surface area contributed by atoms with Gasteiger partial charge in [0, 0.05) is 5.56 Å². The van der Waals surface area contributed by atoms with Crippen molar-refractivity contribution in [2.24, 2.45) is 0 Å². The molecule has 0 radical (unpaired) electrons. The summed E-state index contributed by atoms with van der Waals surface area (Å²) in [6, 6.07) is 4.21. The molecule has 0 saturated heterocycles. The molecule has 0 spiro atoms. The molecule has 16 heavy (non-hydrogen) atoms. The lowest BCUT2D eigenvalue weighted by Crippen LogP contribution is -1.85. The quantitative estimate of drug-likeness (QED) is 0.771. The Morgan fingerprint density at radius 3 is 2.75 bits per heavy atom. The van der Waals surface area contributed by atoms with Gasteiger partial charge in [-0.15, -0.1) is 11.6 Å². The second-order valence-electron chi connectivity index (χ2n) is 3.20. The van der Waals surface area contributed by atoms with E-state index >= 15 is 0 Å². The van der Waals surface area contributed by atoms with E-state index in [9.17, 15) is 4.39 Å². The molecule has 1 unspecified atom stereocenters. The van der Waals surface area contributed by atoms with Crippen LogP contribution in [0.15, 0.2) is 22.7 Å². The van der Waals surface area contributed by atoms with E-state index in [0.29, 0.717) is 17.3 Å². The zero-order chi connectivity index (χ0) is 11.7. The largest absolute Gasteiger partial charge is 0.337 e. The third kappa shape index (κ3) is 2.18. The minimum atomic E-state index is -0.486. The first-order valence-electron chi connectivity index (χ1n) is 4.51. The van der Waals surface area contributed by atoms with Crippen LogP contribution in [0.25, 0.3) is 11.4 Å². The summed E-state index contributed by atoms with van der Waals surface area (Å²) < 4.78 is 17.9. The molecule has 1 heterocycles. The molecule has 0 N–H and O–H groups in total. The Morgan fingerprint density at radius 2 is 2.19 bits per heavy atom. The number of rotatable bonds is 2. The summed E-state index contributed by atoms with van der Waals surface area (Å²) in [6.07, 6.45) is 0. The van der Waals surface area contributed by atoms with Crippen molar-refractivity contribution >= 4 is 23.2 Å². The lowest BCUT2D eigenvalue weighted by atomic mass is 10.2. The van der Waals surface area contributed by atoms with Crippen molar-refractivity contribution in [1.82, 2.24) is 10.1 Å². The summed E-state index contributed by atoms with van der Waals surface area (Å²) in [6.45, 7) is 1.72. The van der Waals surface area contributed by atoms with Crippen molar-refractivity contribution in [2.45, 2.75) is 12.3 Å². The summed E-state index contributed by atoms with van der Waals surface area (Å²) in [5.41, 5.74) is 0.582. The Bertz CT molecular complexity index is 513. The smallest absolute Gasteiger partial charge is 0.244 e. The van der Waals surface area contributed by atoms with Crippen LogP contribution in [0.4, 0.5) is 4.39 Å². The molecule has 0 aliphatic carbocycles. The van der Waals surface area contributed by atoms with Gasteiger partial charge in [0.25, 0.3) is 0 Å². The number of nitrogens with zero attached hydrogens (tertiary/aromatic N) is 2. The van der Waals surface area contributed by atoms with Gasteiger partial charge in [-0.1, -0.05) is 16.8 Å². The summed E-state index contributed by atoms with van der Waals surface area (Å²) in [7, 11) is 0. The molecule has 1 atom stereocenters. The van der Waals surface area contributed by atoms with E-state index in [4.69, 9.17) is 27.7 Å². The lowest BCUT2D eigenvalue weighted by molar-refractivity contribution is 0.379. The SMILES string of the molecule is CC(Cl)c1nc(-c2ccc(F)c(Cl)c2)no1.